The first-order valence-electron chi connectivity index (χ1n) is 5.28. The number of nitrogens with one attached hydrogen (secondary N) is 2. The Hall–Kier alpha value is -0.770. The van der Waals surface area contributed by atoms with Gasteiger partial charge in [0.1, 0.15) is 0 Å². The lowest BCUT2D eigenvalue weighted by molar-refractivity contribution is -0.115. The zero-order chi connectivity index (χ0) is 13.1. The molecule has 0 saturated carbocycles. The van der Waals surface area contributed by atoms with Crippen LogP contribution in [0.5, 0.6) is 0 Å². The molecule has 0 aliphatic rings. The van der Waals surface area contributed by atoms with Gasteiger partial charge in [-0.1, -0.05) is 23.2 Å². The summed E-state index contributed by atoms with van der Waals surface area (Å²) in [5.41, 5.74) is 0.426. The summed E-state index contributed by atoms with van der Waals surface area (Å²) in [5.74, 6) is -0.149. The van der Waals surface area contributed by atoms with E-state index in [0.717, 1.165) is 0 Å². The lowest BCUT2D eigenvalue weighted by Crippen LogP contribution is -2.41. The quantitative estimate of drug-likeness (QED) is 0.888. The molecule has 0 atom stereocenters. The molecule has 1 aromatic carbocycles. The van der Waals surface area contributed by atoms with E-state index in [1.165, 1.54) is 0 Å². The van der Waals surface area contributed by atoms with Crippen molar-refractivity contribution in [1.82, 2.24) is 5.32 Å². The minimum atomic E-state index is -0.149. The van der Waals surface area contributed by atoms with E-state index in [0.29, 0.717) is 15.7 Å². The van der Waals surface area contributed by atoms with Gasteiger partial charge in [-0.05, 0) is 39.0 Å². The number of amides is 1. The highest BCUT2D eigenvalue weighted by Gasteiger charge is 2.12. The topological polar surface area (TPSA) is 41.1 Å². The molecule has 0 aliphatic heterocycles. The van der Waals surface area contributed by atoms with Gasteiger partial charge >= 0.3 is 0 Å². The van der Waals surface area contributed by atoms with Crippen LogP contribution in [0.2, 0.25) is 10.0 Å². The van der Waals surface area contributed by atoms with Gasteiger partial charge in [0.05, 0.1) is 17.3 Å². The predicted molar refractivity (Wildman–Crippen MR) is 72.8 cm³/mol. The predicted octanol–water partition coefficient (Wildman–Crippen LogP) is 3.32. The van der Waals surface area contributed by atoms with E-state index in [-0.39, 0.29) is 18.0 Å². The normalized spacial score (nSPS) is 11.4. The molecule has 94 valence electrons. The average Bonchev–Trinajstić information content (AvgIpc) is 2.20. The second-order valence-corrected chi connectivity index (χ2v) is 5.62. The summed E-state index contributed by atoms with van der Waals surface area (Å²) < 4.78 is 0. The fourth-order valence-electron chi connectivity index (χ4n) is 1.13. The second kappa shape index (κ2) is 5.71. The number of halogens is 2. The van der Waals surface area contributed by atoms with Gasteiger partial charge in [0.15, 0.2) is 0 Å². The molecule has 3 nitrogen and oxygen atoms in total. The fraction of sp³-hybridized carbons (Fsp3) is 0.417. The highest BCUT2D eigenvalue weighted by Crippen LogP contribution is 2.25. The van der Waals surface area contributed by atoms with E-state index >= 15 is 0 Å². The molecule has 2 N–H and O–H groups in total. The van der Waals surface area contributed by atoms with E-state index in [2.05, 4.69) is 10.6 Å². The van der Waals surface area contributed by atoms with Crippen LogP contribution >= 0.6 is 23.2 Å². The van der Waals surface area contributed by atoms with Crippen LogP contribution in [-0.2, 0) is 4.79 Å². The molecular formula is C12H16Cl2N2O. The molecule has 1 aromatic rings. The molecule has 0 fully saturated rings. The molecule has 1 amide bonds. The van der Waals surface area contributed by atoms with Crippen LogP contribution in [0.4, 0.5) is 5.69 Å². The van der Waals surface area contributed by atoms with Crippen molar-refractivity contribution in [2.75, 3.05) is 11.9 Å². The Bertz CT molecular complexity index is 413. The van der Waals surface area contributed by atoms with Crippen LogP contribution in [0.15, 0.2) is 18.2 Å². The number of carbonyl (C=O) groups excluding carboxylic acids is 1. The number of anilines is 1. The SMILES string of the molecule is CC(C)(C)NCC(=O)Nc1cc(Cl)ccc1Cl. The van der Waals surface area contributed by atoms with Gasteiger partial charge in [-0.25, -0.2) is 0 Å². The Morgan fingerprint density at radius 1 is 1.29 bits per heavy atom. The molecule has 0 unspecified atom stereocenters. The Labute approximate surface area is 111 Å². The van der Waals surface area contributed by atoms with Crippen molar-refractivity contribution < 1.29 is 4.79 Å². The number of benzene rings is 1. The number of carbonyl (C=O) groups is 1. The van der Waals surface area contributed by atoms with Crippen LogP contribution in [0, 0.1) is 0 Å². The molecule has 17 heavy (non-hydrogen) atoms. The molecule has 0 saturated heterocycles. The van der Waals surface area contributed by atoms with Crippen molar-refractivity contribution in [3.05, 3.63) is 28.2 Å². The molecular weight excluding hydrogens is 259 g/mol. The fourth-order valence-corrected chi connectivity index (χ4v) is 1.47. The lowest BCUT2D eigenvalue weighted by Gasteiger charge is -2.20. The summed E-state index contributed by atoms with van der Waals surface area (Å²) in [4.78, 5) is 11.6. The Morgan fingerprint density at radius 2 is 1.94 bits per heavy atom. The molecule has 0 aromatic heterocycles. The Balaban J connectivity index is 2.59. The first-order chi connectivity index (χ1) is 7.78. The van der Waals surface area contributed by atoms with Crippen molar-refractivity contribution >= 4 is 34.8 Å². The number of hydrogen-bond acceptors (Lipinski definition) is 2. The maximum atomic E-state index is 11.6. The third-order valence-electron chi connectivity index (χ3n) is 1.98. The van der Waals surface area contributed by atoms with Gasteiger partial charge < -0.3 is 10.6 Å². The summed E-state index contributed by atoms with van der Waals surface area (Å²) in [6.45, 7) is 6.21. The first-order valence-corrected chi connectivity index (χ1v) is 6.03. The molecule has 0 spiro atoms. The van der Waals surface area contributed by atoms with Gasteiger partial charge in [0.2, 0.25) is 5.91 Å². The molecule has 5 heteroatoms. The second-order valence-electron chi connectivity index (χ2n) is 4.78. The molecule has 0 heterocycles. The van der Waals surface area contributed by atoms with E-state index in [4.69, 9.17) is 23.2 Å². The van der Waals surface area contributed by atoms with Crippen molar-refractivity contribution in [3.63, 3.8) is 0 Å². The van der Waals surface area contributed by atoms with E-state index < -0.39 is 0 Å². The summed E-state index contributed by atoms with van der Waals surface area (Å²) >= 11 is 11.8. The maximum Gasteiger partial charge on any atom is 0.238 e. The minimum absolute atomic E-state index is 0.102. The van der Waals surface area contributed by atoms with E-state index in [1.807, 2.05) is 20.8 Å². The summed E-state index contributed by atoms with van der Waals surface area (Å²) in [5, 5.41) is 6.80. The van der Waals surface area contributed by atoms with Gasteiger partial charge in [-0.2, -0.15) is 0 Å². The van der Waals surface area contributed by atoms with Gasteiger partial charge in [-0.3, -0.25) is 4.79 Å². The van der Waals surface area contributed by atoms with E-state index in [9.17, 15) is 4.79 Å². The zero-order valence-corrected chi connectivity index (χ0v) is 11.6. The standard InChI is InChI=1S/C12H16Cl2N2O/c1-12(2,3)15-7-11(17)16-10-6-8(13)4-5-9(10)14/h4-6,15H,7H2,1-3H3,(H,16,17). The first kappa shape index (κ1) is 14.3. The highest BCUT2D eigenvalue weighted by atomic mass is 35.5. The van der Waals surface area contributed by atoms with Crippen molar-refractivity contribution in [1.29, 1.82) is 0 Å². The van der Waals surface area contributed by atoms with Crippen LogP contribution in [0.3, 0.4) is 0 Å². The van der Waals surface area contributed by atoms with Crippen LogP contribution < -0.4 is 10.6 Å². The largest absolute Gasteiger partial charge is 0.324 e. The van der Waals surface area contributed by atoms with Crippen molar-refractivity contribution in [2.24, 2.45) is 0 Å². The number of rotatable bonds is 3. The van der Waals surface area contributed by atoms with Crippen LogP contribution in [0.1, 0.15) is 20.8 Å². The zero-order valence-electron chi connectivity index (χ0n) is 10.1. The molecule has 0 bridgehead atoms. The van der Waals surface area contributed by atoms with Crippen molar-refractivity contribution in [3.8, 4) is 0 Å². The molecule has 0 radical (unpaired) electrons. The van der Waals surface area contributed by atoms with Gasteiger partial charge in [0, 0.05) is 10.6 Å². The third kappa shape index (κ3) is 5.39. The van der Waals surface area contributed by atoms with Gasteiger partial charge in [-0.15, -0.1) is 0 Å². The monoisotopic (exact) mass is 274 g/mol. The summed E-state index contributed by atoms with van der Waals surface area (Å²) in [6, 6.07) is 4.95. The van der Waals surface area contributed by atoms with E-state index in [1.54, 1.807) is 18.2 Å². The van der Waals surface area contributed by atoms with Crippen LogP contribution in [0.25, 0.3) is 0 Å². The third-order valence-corrected chi connectivity index (χ3v) is 2.55. The van der Waals surface area contributed by atoms with Crippen molar-refractivity contribution in [2.45, 2.75) is 26.3 Å². The smallest absolute Gasteiger partial charge is 0.238 e. The lowest BCUT2D eigenvalue weighted by atomic mass is 10.1. The van der Waals surface area contributed by atoms with Gasteiger partial charge in [0.25, 0.3) is 0 Å². The minimum Gasteiger partial charge on any atom is -0.324 e. The molecule has 0 aliphatic carbocycles. The highest BCUT2D eigenvalue weighted by molar-refractivity contribution is 6.35. The average molecular weight is 275 g/mol. The summed E-state index contributed by atoms with van der Waals surface area (Å²) in [7, 11) is 0. The van der Waals surface area contributed by atoms with Crippen LogP contribution in [-0.4, -0.2) is 18.0 Å². The maximum absolute atomic E-state index is 11.6. The Kier molecular flexibility index (Phi) is 4.80. The number of hydrogen-bond donors (Lipinski definition) is 2. The molecule has 1 rings (SSSR count). The summed E-state index contributed by atoms with van der Waals surface area (Å²) in [6.07, 6.45) is 0. The Morgan fingerprint density at radius 3 is 2.53 bits per heavy atom.